The van der Waals surface area contributed by atoms with Crippen molar-refractivity contribution in [2.75, 3.05) is 0 Å². The number of benzene rings is 1. The van der Waals surface area contributed by atoms with Gasteiger partial charge in [0.05, 0.1) is 6.04 Å². The molecule has 3 rings (SSSR count). The lowest BCUT2D eigenvalue weighted by molar-refractivity contribution is 0.307. The van der Waals surface area contributed by atoms with Gasteiger partial charge in [0, 0.05) is 6.04 Å². The molecule has 2 nitrogen and oxygen atoms in total. The van der Waals surface area contributed by atoms with Crippen LogP contribution < -0.4 is 10.6 Å². The van der Waals surface area contributed by atoms with Crippen LogP contribution in [0.5, 0.6) is 0 Å². The van der Waals surface area contributed by atoms with E-state index < -0.39 is 0 Å². The number of nitrogens with one attached hydrogen (secondary N) is 2. The molecular formula is C18H26N2S. The summed E-state index contributed by atoms with van der Waals surface area (Å²) in [6.45, 7) is 2.34. The van der Waals surface area contributed by atoms with E-state index in [1.807, 2.05) is 0 Å². The van der Waals surface area contributed by atoms with Crippen LogP contribution in [0.1, 0.15) is 62.6 Å². The van der Waals surface area contributed by atoms with Crippen molar-refractivity contribution in [2.45, 2.75) is 64.0 Å². The predicted octanol–water partition coefficient (Wildman–Crippen LogP) is 4.11. The van der Waals surface area contributed by atoms with Crippen molar-refractivity contribution in [3.8, 4) is 0 Å². The van der Waals surface area contributed by atoms with E-state index >= 15 is 0 Å². The Morgan fingerprint density at radius 2 is 1.86 bits per heavy atom. The van der Waals surface area contributed by atoms with Crippen LogP contribution in [0, 0.1) is 5.92 Å². The lowest BCUT2D eigenvalue weighted by Gasteiger charge is -2.33. The van der Waals surface area contributed by atoms with Gasteiger partial charge >= 0.3 is 0 Å². The Labute approximate surface area is 133 Å². The summed E-state index contributed by atoms with van der Waals surface area (Å²) in [5.41, 5.74) is 2.92. The summed E-state index contributed by atoms with van der Waals surface area (Å²) in [5.74, 6) is 0.733. The minimum absolute atomic E-state index is 0.383. The van der Waals surface area contributed by atoms with Gasteiger partial charge in [0.1, 0.15) is 0 Å². The van der Waals surface area contributed by atoms with Gasteiger partial charge in [-0.15, -0.1) is 0 Å². The summed E-state index contributed by atoms with van der Waals surface area (Å²) in [4.78, 5) is 0. The zero-order valence-electron chi connectivity index (χ0n) is 12.9. The minimum Gasteiger partial charge on any atom is -0.360 e. The molecular weight excluding hydrogens is 276 g/mol. The maximum absolute atomic E-state index is 5.58. The molecule has 1 aromatic rings. The molecule has 2 aliphatic rings. The molecule has 0 amide bonds. The molecule has 0 radical (unpaired) electrons. The average Bonchev–Trinajstić information content (AvgIpc) is 2.50. The van der Waals surface area contributed by atoms with Crippen molar-refractivity contribution in [3.05, 3.63) is 35.4 Å². The third-order valence-electron chi connectivity index (χ3n) is 5.10. The van der Waals surface area contributed by atoms with Crippen LogP contribution in [-0.2, 0) is 6.42 Å². The van der Waals surface area contributed by atoms with Gasteiger partial charge in [0.25, 0.3) is 0 Å². The molecule has 2 aliphatic carbocycles. The zero-order valence-corrected chi connectivity index (χ0v) is 13.7. The van der Waals surface area contributed by atoms with Crippen LogP contribution in [0.25, 0.3) is 0 Å². The third-order valence-corrected chi connectivity index (χ3v) is 5.34. The number of hydrogen-bond acceptors (Lipinski definition) is 1. The maximum Gasteiger partial charge on any atom is 0.167 e. The SMILES string of the molecule is C[C@H]1CCCC[C@H]1NC(=S)N[C@@H]1CCCc2ccccc21. The highest BCUT2D eigenvalue weighted by atomic mass is 32.1. The van der Waals surface area contributed by atoms with E-state index in [9.17, 15) is 0 Å². The van der Waals surface area contributed by atoms with Gasteiger partial charge in [-0.3, -0.25) is 0 Å². The van der Waals surface area contributed by atoms with Crippen LogP contribution in [-0.4, -0.2) is 11.2 Å². The summed E-state index contributed by atoms with van der Waals surface area (Å²) in [6.07, 6.45) is 8.91. The van der Waals surface area contributed by atoms with Crippen LogP contribution in [0.2, 0.25) is 0 Å². The van der Waals surface area contributed by atoms with Crippen molar-refractivity contribution in [1.29, 1.82) is 0 Å². The molecule has 0 spiro atoms. The summed E-state index contributed by atoms with van der Waals surface area (Å²) in [5, 5.41) is 7.97. The average molecular weight is 302 g/mol. The fourth-order valence-electron chi connectivity index (χ4n) is 3.80. The third kappa shape index (κ3) is 3.57. The van der Waals surface area contributed by atoms with E-state index in [0.29, 0.717) is 12.1 Å². The van der Waals surface area contributed by atoms with Crippen molar-refractivity contribution in [3.63, 3.8) is 0 Å². The second-order valence-corrected chi connectivity index (χ2v) is 7.04. The second kappa shape index (κ2) is 6.78. The Balaban J connectivity index is 1.60. The molecule has 2 N–H and O–H groups in total. The molecule has 0 aliphatic heterocycles. The van der Waals surface area contributed by atoms with Gasteiger partial charge in [-0.25, -0.2) is 0 Å². The van der Waals surface area contributed by atoms with Crippen molar-refractivity contribution < 1.29 is 0 Å². The zero-order chi connectivity index (χ0) is 14.7. The van der Waals surface area contributed by atoms with Crippen molar-refractivity contribution in [2.24, 2.45) is 5.92 Å². The molecule has 0 unspecified atom stereocenters. The highest BCUT2D eigenvalue weighted by Crippen LogP contribution is 2.29. The maximum atomic E-state index is 5.58. The molecule has 3 heteroatoms. The van der Waals surface area contributed by atoms with Crippen LogP contribution in [0.15, 0.2) is 24.3 Å². The topological polar surface area (TPSA) is 24.1 Å². The van der Waals surface area contributed by atoms with Crippen molar-refractivity contribution in [1.82, 2.24) is 10.6 Å². The fraction of sp³-hybridized carbons (Fsp3) is 0.611. The van der Waals surface area contributed by atoms with Crippen LogP contribution in [0.3, 0.4) is 0 Å². The van der Waals surface area contributed by atoms with Crippen molar-refractivity contribution >= 4 is 17.3 Å². The Morgan fingerprint density at radius 1 is 1.05 bits per heavy atom. The molecule has 21 heavy (non-hydrogen) atoms. The van der Waals surface area contributed by atoms with E-state index in [1.165, 1.54) is 56.1 Å². The van der Waals surface area contributed by atoms with Gasteiger partial charge in [-0.05, 0) is 61.4 Å². The highest BCUT2D eigenvalue weighted by molar-refractivity contribution is 7.80. The smallest absolute Gasteiger partial charge is 0.167 e. The molecule has 0 heterocycles. The van der Waals surface area contributed by atoms with Gasteiger partial charge in [0.2, 0.25) is 0 Å². The summed E-state index contributed by atoms with van der Waals surface area (Å²) < 4.78 is 0. The number of aryl methyl sites for hydroxylation is 1. The van der Waals surface area contributed by atoms with Gasteiger partial charge in [0.15, 0.2) is 5.11 Å². The van der Waals surface area contributed by atoms with Gasteiger partial charge < -0.3 is 10.6 Å². The molecule has 0 aromatic heterocycles. The molecule has 1 fully saturated rings. The van der Waals surface area contributed by atoms with Crippen LogP contribution in [0.4, 0.5) is 0 Å². The first-order valence-electron chi connectivity index (χ1n) is 8.39. The number of hydrogen-bond donors (Lipinski definition) is 2. The lowest BCUT2D eigenvalue weighted by atomic mass is 9.86. The number of thiocarbonyl (C=S) groups is 1. The van der Waals surface area contributed by atoms with E-state index in [0.717, 1.165) is 11.0 Å². The predicted molar refractivity (Wildman–Crippen MR) is 92.4 cm³/mol. The molecule has 0 saturated heterocycles. The first kappa shape index (κ1) is 14.8. The quantitative estimate of drug-likeness (QED) is 0.804. The normalized spacial score (nSPS) is 28.5. The highest BCUT2D eigenvalue weighted by Gasteiger charge is 2.24. The monoisotopic (exact) mass is 302 g/mol. The molecule has 1 saturated carbocycles. The van der Waals surface area contributed by atoms with E-state index in [2.05, 4.69) is 41.8 Å². The van der Waals surface area contributed by atoms with Gasteiger partial charge in [-0.1, -0.05) is 44.0 Å². The number of rotatable bonds is 2. The summed E-state index contributed by atoms with van der Waals surface area (Å²) in [7, 11) is 0. The van der Waals surface area contributed by atoms with E-state index in [1.54, 1.807) is 0 Å². The second-order valence-electron chi connectivity index (χ2n) is 6.63. The Bertz CT molecular complexity index is 500. The minimum atomic E-state index is 0.383. The van der Waals surface area contributed by atoms with E-state index in [-0.39, 0.29) is 0 Å². The van der Waals surface area contributed by atoms with Gasteiger partial charge in [-0.2, -0.15) is 0 Å². The van der Waals surface area contributed by atoms with E-state index in [4.69, 9.17) is 12.2 Å². The molecule has 114 valence electrons. The molecule has 3 atom stereocenters. The largest absolute Gasteiger partial charge is 0.360 e. The summed E-state index contributed by atoms with van der Waals surface area (Å²) in [6, 6.07) is 9.72. The molecule has 0 bridgehead atoms. The lowest BCUT2D eigenvalue weighted by Crippen LogP contribution is -2.47. The first-order chi connectivity index (χ1) is 10.2. The molecule has 1 aromatic carbocycles. The van der Waals surface area contributed by atoms with Crippen LogP contribution >= 0.6 is 12.2 Å². The first-order valence-corrected chi connectivity index (χ1v) is 8.79. The summed E-state index contributed by atoms with van der Waals surface area (Å²) >= 11 is 5.58. The number of fused-ring (bicyclic) bond motifs is 1. The standard InChI is InChI=1S/C18H26N2S/c1-13-7-2-5-11-16(13)19-18(21)20-17-12-6-9-14-8-3-4-10-15(14)17/h3-4,8,10,13,16-17H,2,5-7,9,11-12H2,1H3,(H2,19,20,21)/t13-,16+,17+/m0/s1. The fourth-order valence-corrected chi connectivity index (χ4v) is 4.10. The Morgan fingerprint density at radius 3 is 2.71 bits per heavy atom. The Hall–Kier alpha value is -1.09. The Kier molecular flexibility index (Phi) is 4.79.